The molecule has 1 N–H and O–H groups in total. The number of piperazine rings is 1. The van der Waals surface area contributed by atoms with E-state index in [0.29, 0.717) is 6.04 Å². The molecule has 78 valence electrons. The van der Waals surface area contributed by atoms with E-state index in [-0.39, 0.29) is 0 Å². The lowest BCUT2D eigenvalue weighted by Gasteiger charge is -2.31. The highest BCUT2D eigenvalue weighted by molar-refractivity contribution is 7.84. The molecule has 1 heterocycles. The molecule has 1 fully saturated rings. The fourth-order valence-electron chi connectivity index (χ4n) is 1.59. The van der Waals surface area contributed by atoms with Crippen molar-refractivity contribution in [2.45, 2.75) is 19.9 Å². The first-order valence-electron chi connectivity index (χ1n) is 5.03. The quantitative estimate of drug-likeness (QED) is 0.702. The van der Waals surface area contributed by atoms with Crippen LogP contribution in [0, 0.1) is 0 Å². The molecule has 1 aliphatic rings. The average Bonchev–Trinajstić information content (AvgIpc) is 2.14. The van der Waals surface area contributed by atoms with E-state index in [4.69, 9.17) is 0 Å². The van der Waals surface area contributed by atoms with E-state index in [9.17, 15) is 4.21 Å². The van der Waals surface area contributed by atoms with E-state index in [0.717, 1.165) is 37.7 Å². The van der Waals surface area contributed by atoms with Gasteiger partial charge in [-0.25, -0.2) is 0 Å². The summed E-state index contributed by atoms with van der Waals surface area (Å²) >= 11 is 0. The minimum Gasteiger partial charge on any atom is -0.312 e. The van der Waals surface area contributed by atoms with Crippen LogP contribution in [-0.2, 0) is 10.8 Å². The Hall–Kier alpha value is 0.0700. The van der Waals surface area contributed by atoms with Gasteiger partial charge in [0.2, 0.25) is 0 Å². The predicted molar refractivity (Wildman–Crippen MR) is 57.5 cm³/mol. The van der Waals surface area contributed by atoms with Crippen LogP contribution in [-0.4, -0.2) is 52.8 Å². The molecular formula is C9H20N2OS. The van der Waals surface area contributed by atoms with Gasteiger partial charge in [0.25, 0.3) is 0 Å². The maximum Gasteiger partial charge on any atom is 0.0362 e. The molecular weight excluding hydrogens is 184 g/mol. The van der Waals surface area contributed by atoms with Crippen molar-refractivity contribution >= 4 is 10.8 Å². The van der Waals surface area contributed by atoms with Crippen LogP contribution in [0.4, 0.5) is 0 Å². The van der Waals surface area contributed by atoms with Crippen LogP contribution in [0.3, 0.4) is 0 Å². The topological polar surface area (TPSA) is 32.3 Å². The van der Waals surface area contributed by atoms with Crippen molar-refractivity contribution in [3.8, 4) is 0 Å². The lowest BCUT2D eigenvalue weighted by Crippen LogP contribution is -2.50. The number of nitrogens with one attached hydrogen (secondary N) is 1. The highest BCUT2D eigenvalue weighted by Crippen LogP contribution is 1.98. The molecule has 1 rings (SSSR count). The van der Waals surface area contributed by atoms with Gasteiger partial charge >= 0.3 is 0 Å². The molecule has 13 heavy (non-hydrogen) atoms. The third-order valence-corrected chi connectivity index (χ3v) is 3.69. The van der Waals surface area contributed by atoms with Gasteiger partial charge in [0.15, 0.2) is 0 Å². The molecule has 0 aromatic carbocycles. The van der Waals surface area contributed by atoms with Gasteiger partial charge in [0.05, 0.1) is 0 Å². The summed E-state index contributed by atoms with van der Waals surface area (Å²) in [7, 11) is -0.602. The molecule has 0 spiro atoms. The first-order valence-corrected chi connectivity index (χ1v) is 6.52. The van der Waals surface area contributed by atoms with E-state index in [1.165, 1.54) is 0 Å². The summed E-state index contributed by atoms with van der Waals surface area (Å²) in [5.74, 6) is 1.63. The Bertz CT molecular complexity index is 175. The highest BCUT2D eigenvalue weighted by Gasteiger charge is 2.15. The number of rotatable bonds is 4. The molecule has 0 radical (unpaired) electrons. The highest BCUT2D eigenvalue weighted by atomic mass is 32.2. The van der Waals surface area contributed by atoms with Crippen LogP contribution < -0.4 is 5.32 Å². The monoisotopic (exact) mass is 204 g/mol. The fraction of sp³-hybridized carbons (Fsp3) is 1.00. The summed E-state index contributed by atoms with van der Waals surface area (Å²) in [5, 5.41) is 3.40. The van der Waals surface area contributed by atoms with Crippen molar-refractivity contribution in [1.82, 2.24) is 10.2 Å². The SMILES string of the molecule is CCS(=O)CCN1CCNC(C)C1. The summed E-state index contributed by atoms with van der Waals surface area (Å²) in [5.41, 5.74) is 0. The number of hydrogen-bond acceptors (Lipinski definition) is 3. The molecule has 3 nitrogen and oxygen atoms in total. The molecule has 2 atom stereocenters. The maximum absolute atomic E-state index is 11.2. The minimum atomic E-state index is -0.602. The van der Waals surface area contributed by atoms with Crippen LogP contribution in [0.5, 0.6) is 0 Å². The van der Waals surface area contributed by atoms with Crippen LogP contribution in [0.15, 0.2) is 0 Å². The van der Waals surface area contributed by atoms with Crippen molar-refractivity contribution in [3.05, 3.63) is 0 Å². The van der Waals surface area contributed by atoms with Crippen molar-refractivity contribution < 1.29 is 4.21 Å². The molecule has 0 aromatic rings. The van der Waals surface area contributed by atoms with Crippen LogP contribution in [0.25, 0.3) is 0 Å². The third kappa shape index (κ3) is 4.20. The molecule has 2 unspecified atom stereocenters. The summed E-state index contributed by atoms with van der Waals surface area (Å²) in [6, 6.07) is 0.587. The Balaban J connectivity index is 2.17. The summed E-state index contributed by atoms with van der Waals surface area (Å²) in [4.78, 5) is 2.40. The van der Waals surface area contributed by atoms with Gasteiger partial charge in [0.1, 0.15) is 0 Å². The summed E-state index contributed by atoms with van der Waals surface area (Å²) in [6.07, 6.45) is 0. The molecule has 1 aliphatic heterocycles. The zero-order valence-electron chi connectivity index (χ0n) is 8.58. The zero-order valence-corrected chi connectivity index (χ0v) is 9.40. The first kappa shape index (κ1) is 11.1. The van der Waals surface area contributed by atoms with Gasteiger partial charge in [-0.15, -0.1) is 0 Å². The summed E-state index contributed by atoms with van der Waals surface area (Å²) in [6.45, 7) is 8.44. The Morgan fingerprint density at radius 3 is 3.00 bits per heavy atom. The average molecular weight is 204 g/mol. The van der Waals surface area contributed by atoms with Crippen LogP contribution in [0.2, 0.25) is 0 Å². The lowest BCUT2D eigenvalue weighted by atomic mass is 10.2. The van der Waals surface area contributed by atoms with Gasteiger partial charge < -0.3 is 5.32 Å². The fourth-order valence-corrected chi connectivity index (χ4v) is 2.34. The Labute approximate surface area is 83.3 Å². The molecule has 0 aliphatic carbocycles. The summed E-state index contributed by atoms with van der Waals surface area (Å²) < 4.78 is 11.2. The minimum absolute atomic E-state index is 0.587. The third-order valence-electron chi connectivity index (χ3n) is 2.41. The Morgan fingerprint density at radius 1 is 1.62 bits per heavy atom. The second-order valence-corrected chi connectivity index (χ2v) is 5.45. The van der Waals surface area contributed by atoms with E-state index in [1.807, 2.05) is 6.92 Å². The van der Waals surface area contributed by atoms with Crippen molar-refractivity contribution in [2.75, 3.05) is 37.7 Å². The molecule has 1 saturated heterocycles. The van der Waals surface area contributed by atoms with Crippen molar-refractivity contribution in [1.29, 1.82) is 0 Å². The van der Waals surface area contributed by atoms with Crippen LogP contribution in [0.1, 0.15) is 13.8 Å². The molecule has 0 saturated carbocycles. The van der Waals surface area contributed by atoms with E-state index >= 15 is 0 Å². The lowest BCUT2D eigenvalue weighted by molar-refractivity contribution is 0.218. The molecule has 0 aromatic heterocycles. The van der Waals surface area contributed by atoms with Crippen molar-refractivity contribution in [3.63, 3.8) is 0 Å². The van der Waals surface area contributed by atoms with Crippen molar-refractivity contribution in [2.24, 2.45) is 0 Å². The van der Waals surface area contributed by atoms with E-state index < -0.39 is 10.8 Å². The van der Waals surface area contributed by atoms with Gasteiger partial charge in [0, 0.05) is 54.5 Å². The second-order valence-electron chi connectivity index (χ2n) is 3.59. The predicted octanol–water partition coefficient (Wildman–Crippen LogP) is 0.0487. The number of nitrogens with zero attached hydrogens (tertiary/aromatic N) is 1. The van der Waals surface area contributed by atoms with Gasteiger partial charge in [-0.2, -0.15) is 0 Å². The Kier molecular flexibility index (Phi) is 4.91. The molecule has 0 amide bonds. The van der Waals surface area contributed by atoms with Crippen LogP contribution >= 0.6 is 0 Å². The number of hydrogen-bond donors (Lipinski definition) is 1. The maximum atomic E-state index is 11.2. The normalized spacial score (nSPS) is 27.4. The smallest absolute Gasteiger partial charge is 0.0362 e. The van der Waals surface area contributed by atoms with Gasteiger partial charge in [-0.05, 0) is 6.92 Å². The standard InChI is InChI=1S/C9H20N2OS/c1-3-13(12)7-6-11-5-4-10-9(2)8-11/h9-10H,3-8H2,1-2H3. The molecule has 4 heteroatoms. The zero-order chi connectivity index (χ0) is 9.68. The van der Waals surface area contributed by atoms with Gasteiger partial charge in [-0.3, -0.25) is 9.11 Å². The Morgan fingerprint density at radius 2 is 2.38 bits per heavy atom. The van der Waals surface area contributed by atoms with E-state index in [2.05, 4.69) is 17.1 Å². The van der Waals surface area contributed by atoms with Gasteiger partial charge in [-0.1, -0.05) is 6.92 Å². The largest absolute Gasteiger partial charge is 0.312 e. The second kappa shape index (κ2) is 5.73. The first-order chi connectivity index (χ1) is 6.22. The van der Waals surface area contributed by atoms with E-state index in [1.54, 1.807) is 0 Å². The molecule has 0 bridgehead atoms.